The number of aryl methyl sites for hydroxylation is 2. The highest BCUT2D eigenvalue weighted by Crippen LogP contribution is 2.36. The minimum Gasteiger partial charge on any atom is -0.234 e. The molecule has 2 N–H and O–H groups in total. The first-order valence-corrected chi connectivity index (χ1v) is 12.8. The van der Waals surface area contributed by atoms with E-state index in [1.165, 1.54) is 10.4 Å². The third-order valence-corrected chi connectivity index (χ3v) is 7.81. The summed E-state index contributed by atoms with van der Waals surface area (Å²) in [7, 11) is -8.37. The highest BCUT2D eigenvalue weighted by atomic mass is 32.2. The summed E-state index contributed by atoms with van der Waals surface area (Å²) < 4.78 is 53.8. The number of hydrogen-bond donors (Lipinski definition) is 1. The number of anilines is 2. The van der Waals surface area contributed by atoms with Gasteiger partial charge in [-0.2, -0.15) is 0 Å². The lowest BCUT2D eigenvalue weighted by Gasteiger charge is -2.26. The standard InChI is InChI=1S/C24H22N2O4S2/c1-17-7-5-10-20(13-17)26(21-11-6-8-18(2)14-21)32(29,30)24-16-22(31(25,27)28)15-19-9-3-4-12-23(19)24/h3-16H,1-2H3,(H2,25,27,28). The maximum absolute atomic E-state index is 14.1. The Labute approximate surface area is 188 Å². The highest BCUT2D eigenvalue weighted by molar-refractivity contribution is 7.93. The maximum Gasteiger partial charge on any atom is 0.269 e. The van der Waals surface area contributed by atoms with Crippen LogP contribution in [0.3, 0.4) is 0 Å². The molecule has 0 bridgehead atoms. The van der Waals surface area contributed by atoms with Gasteiger partial charge in [-0.1, -0.05) is 48.5 Å². The molecule has 8 heteroatoms. The molecular formula is C24H22N2O4S2. The van der Waals surface area contributed by atoms with Crippen molar-refractivity contribution in [3.8, 4) is 0 Å². The van der Waals surface area contributed by atoms with E-state index in [0.29, 0.717) is 22.1 Å². The summed E-state index contributed by atoms with van der Waals surface area (Å²) in [5, 5.41) is 6.23. The number of nitrogens with zero attached hydrogens (tertiary/aromatic N) is 1. The summed E-state index contributed by atoms with van der Waals surface area (Å²) in [5.74, 6) is 0. The van der Waals surface area contributed by atoms with Crippen LogP contribution in [-0.4, -0.2) is 16.8 Å². The molecule has 0 aromatic heterocycles. The van der Waals surface area contributed by atoms with Gasteiger partial charge in [-0.25, -0.2) is 26.3 Å². The van der Waals surface area contributed by atoms with Crippen LogP contribution < -0.4 is 9.44 Å². The van der Waals surface area contributed by atoms with Crippen LogP contribution >= 0.6 is 0 Å². The molecule has 6 nitrogen and oxygen atoms in total. The van der Waals surface area contributed by atoms with Crippen molar-refractivity contribution in [1.82, 2.24) is 0 Å². The first kappa shape index (κ1) is 22.0. The molecule has 0 radical (unpaired) electrons. The van der Waals surface area contributed by atoms with Crippen LogP contribution in [-0.2, 0) is 20.0 Å². The van der Waals surface area contributed by atoms with Crippen molar-refractivity contribution in [2.24, 2.45) is 5.14 Å². The number of benzene rings is 4. The molecule has 32 heavy (non-hydrogen) atoms. The third kappa shape index (κ3) is 4.12. The summed E-state index contributed by atoms with van der Waals surface area (Å²) in [6.07, 6.45) is 0. The Bertz CT molecular complexity index is 1500. The maximum atomic E-state index is 14.1. The molecule has 0 aliphatic rings. The highest BCUT2D eigenvalue weighted by Gasteiger charge is 2.30. The van der Waals surface area contributed by atoms with Crippen molar-refractivity contribution in [2.75, 3.05) is 4.31 Å². The predicted octanol–water partition coefficient (Wildman–Crippen LogP) is 4.63. The molecule has 0 atom stereocenters. The topological polar surface area (TPSA) is 97.5 Å². The van der Waals surface area contributed by atoms with Gasteiger partial charge in [0.25, 0.3) is 10.0 Å². The molecule has 0 spiro atoms. The molecule has 0 unspecified atom stereocenters. The molecule has 4 aromatic carbocycles. The Hall–Kier alpha value is -3.20. The second-order valence-electron chi connectivity index (χ2n) is 7.64. The number of hydrogen-bond acceptors (Lipinski definition) is 4. The Balaban J connectivity index is 2.07. The Morgan fingerprint density at radius 3 is 1.78 bits per heavy atom. The number of fused-ring (bicyclic) bond motifs is 1. The molecule has 0 amide bonds. The molecule has 0 heterocycles. The Morgan fingerprint density at radius 2 is 1.25 bits per heavy atom. The summed E-state index contributed by atoms with van der Waals surface area (Å²) in [4.78, 5) is -0.397. The monoisotopic (exact) mass is 466 g/mol. The fraction of sp³-hybridized carbons (Fsp3) is 0.0833. The summed E-state index contributed by atoms with van der Waals surface area (Å²) in [6, 6.07) is 23.5. The third-order valence-electron chi connectivity index (χ3n) is 5.12. The van der Waals surface area contributed by atoms with Gasteiger partial charge >= 0.3 is 0 Å². The van der Waals surface area contributed by atoms with Crippen LogP contribution in [0.5, 0.6) is 0 Å². The van der Waals surface area contributed by atoms with Crippen molar-refractivity contribution < 1.29 is 16.8 Å². The van der Waals surface area contributed by atoms with Crippen molar-refractivity contribution in [1.29, 1.82) is 0 Å². The van der Waals surface area contributed by atoms with Crippen LogP contribution in [0.1, 0.15) is 11.1 Å². The molecule has 4 rings (SSSR count). The van der Waals surface area contributed by atoms with E-state index >= 15 is 0 Å². The molecule has 0 saturated carbocycles. The van der Waals surface area contributed by atoms with E-state index in [0.717, 1.165) is 17.2 Å². The zero-order chi connectivity index (χ0) is 23.1. The average molecular weight is 467 g/mol. The van der Waals surface area contributed by atoms with Gasteiger partial charge in [0.05, 0.1) is 21.2 Å². The van der Waals surface area contributed by atoms with Crippen molar-refractivity contribution in [3.05, 3.63) is 96.1 Å². The minimum absolute atomic E-state index is 0.136. The van der Waals surface area contributed by atoms with Crippen molar-refractivity contribution >= 4 is 42.2 Å². The van der Waals surface area contributed by atoms with Gasteiger partial charge in [-0.15, -0.1) is 0 Å². The largest absolute Gasteiger partial charge is 0.269 e. The molecule has 164 valence electrons. The number of nitrogens with two attached hydrogens (primary N) is 1. The molecular weight excluding hydrogens is 444 g/mol. The summed E-state index contributed by atoms with van der Waals surface area (Å²) in [5.41, 5.74) is 2.67. The first-order chi connectivity index (χ1) is 15.1. The van der Waals surface area contributed by atoms with Crippen molar-refractivity contribution in [3.63, 3.8) is 0 Å². The lowest BCUT2D eigenvalue weighted by atomic mass is 10.1. The van der Waals surface area contributed by atoms with Gasteiger partial charge in [0.15, 0.2) is 0 Å². The van der Waals surface area contributed by atoms with Gasteiger partial charge in [-0.3, -0.25) is 0 Å². The zero-order valence-corrected chi connectivity index (χ0v) is 19.2. The van der Waals surface area contributed by atoms with Gasteiger partial charge in [0.2, 0.25) is 10.0 Å². The van der Waals surface area contributed by atoms with E-state index < -0.39 is 20.0 Å². The first-order valence-electron chi connectivity index (χ1n) is 9.82. The molecule has 0 aliphatic carbocycles. The zero-order valence-electron chi connectivity index (χ0n) is 17.6. The van der Waals surface area contributed by atoms with Gasteiger partial charge in [0.1, 0.15) is 0 Å². The van der Waals surface area contributed by atoms with Crippen molar-refractivity contribution in [2.45, 2.75) is 23.6 Å². The van der Waals surface area contributed by atoms with Gasteiger partial charge in [0, 0.05) is 5.39 Å². The second-order valence-corrected chi connectivity index (χ2v) is 11.0. The Kier molecular flexibility index (Phi) is 5.54. The van der Waals surface area contributed by atoms with Crippen LogP contribution in [0.2, 0.25) is 0 Å². The van der Waals surface area contributed by atoms with Crippen LogP contribution in [0.15, 0.2) is 94.7 Å². The van der Waals surface area contributed by atoms with Crippen LogP contribution in [0, 0.1) is 13.8 Å². The smallest absolute Gasteiger partial charge is 0.234 e. The molecule has 0 fully saturated rings. The number of sulfonamides is 2. The average Bonchev–Trinajstić information content (AvgIpc) is 2.72. The quantitative estimate of drug-likeness (QED) is 0.464. The fourth-order valence-corrected chi connectivity index (χ4v) is 6.03. The molecule has 0 saturated heterocycles. The van der Waals surface area contributed by atoms with Gasteiger partial charge < -0.3 is 0 Å². The molecule has 4 aromatic rings. The van der Waals surface area contributed by atoms with E-state index in [4.69, 9.17) is 5.14 Å². The van der Waals surface area contributed by atoms with Crippen LogP contribution in [0.25, 0.3) is 10.8 Å². The SMILES string of the molecule is Cc1cccc(N(c2cccc(C)c2)S(=O)(=O)c2cc(S(N)(=O)=O)cc3ccccc23)c1. The molecule has 0 aliphatic heterocycles. The van der Waals surface area contributed by atoms with E-state index in [2.05, 4.69) is 0 Å². The van der Waals surface area contributed by atoms with E-state index in [1.807, 2.05) is 26.0 Å². The van der Waals surface area contributed by atoms with Gasteiger partial charge in [-0.05, 0) is 66.8 Å². The van der Waals surface area contributed by atoms with Crippen LogP contribution in [0.4, 0.5) is 11.4 Å². The number of rotatable bonds is 5. The Morgan fingerprint density at radius 1 is 0.688 bits per heavy atom. The second kappa shape index (κ2) is 8.05. The lowest BCUT2D eigenvalue weighted by Crippen LogP contribution is -2.27. The van der Waals surface area contributed by atoms with E-state index in [9.17, 15) is 16.8 Å². The minimum atomic E-state index is -4.24. The number of primary sulfonamides is 1. The van der Waals surface area contributed by atoms with E-state index in [-0.39, 0.29) is 9.79 Å². The summed E-state index contributed by atoms with van der Waals surface area (Å²) in [6.45, 7) is 3.75. The summed E-state index contributed by atoms with van der Waals surface area (Å²) >= 11 is 0. The normalized spacial score (nSPS) is 12.1. The predicted molar refractivity (Wildman–Crippen MR) is 127 cm³/mol. The fourth-order valence-electron chi connectivity index (χ4n) is 3.66. The van der Waals surface area contributed by atoms with E-state index in [1.54, 1.807) is 60.7 Å². The lowest BCUT2D eigenvalue weighted by molar-refractivity contribution is 0.596.